The van der Waals surface area contributed by atoms with E-state index in [1.54, 1.807) is 6.07 Å². The first-order valence-corrected chi connectivity index (χ1v) is 7.18. The molecule has 23 heavy (non-hydrogen) atoms. The molecule has 3 rings (SSSR count). The minimum Gasteiger partial charge on any atom is -0.310 e. The fourth-order valence-electron chi connectivity index (χ4n) is 2.20. The van der Waals surface area contributed by atoms with Crippen molar-refractivity contribution in [1.82, 2.24) is 19.7 Å². The molecule has 0 spiro atoms. The second-order valence-corrected chi connectivity index (χ2v) is 5.48. The maximum absolute atomic E-state index is 12.2. The smallest absolute Gasteiger partial charge is 0.310 e. The monoisotopic (exact) mass is 317 g/mol. The number of anilines is 1. The van der Waals surface area contributed by atoms with Gasteiger partial charge in [-0.15, -0.1) is 0 Å². The molecule has 1 saturated carbocycles. The van der Waals surface area contributed by atoms with Crippen molar-refractivity contribution in [2.24, 2.45) is 0 Å². The fourth-order valence-corrected chi connectivity index (χ4v) is 2.20. The van der Waals surface area contributed by atoms with Crippen LogP contribution in [0.1, 0.15) is 37.4 Å². The van der Waals surface area contributed by atoms with Crippen LogP contribution in [-0.4, -0.2) is 25.7 Å². The lowest BCUT2D eigenvalue weighted by Gasteiger charge is -2.14. The molecule has 120 valence electrons. The molecule has 0 aliphatic heterocycles. The molecule has 3 N–H and O–H groups in total. The number of aromatic nitrogens is 4. The van der Waals surface area contributed by atoms with Crippen LogP contribution in [0.4, 0.5) is 5.82 Å². The minimum atomic E-state index is -0.885. The highest BCUT2D eigenvalue weighted by Crippen LogP contribution is 2.38. The molecular weight excluding hydrogens is 302 g/mol. The third-order valence-corrected chi connectivity index (χ3v) is 3.61. The fraction of sp³-hybridized carbons (Fsp3) is 0.357. The summed E-state index contributed by atoms with van der Waals surface area (Å²) in [5.74, 6) is -0.253. The summed E-state index contributed by atoms with van der Waals surface area (Å²) >= 11 is 0. The van der Waals surface area contributed by atoms with Gasteiger partial charge in [0.1, 0.15) is 11.9 Å². The lowest BCUT2D eigenvalue weighted by Crippen LogP contribution is -2.34. The predicted octanol–water partition coefficient (Wildman–Crippen LogP) is -0.303. The van der Waals surface area contributed by atoms with Gasteiger partial charge in [-0.1, -0.05) is 0 Å². The topological polar surface area (TPSA) is 130 Å². The lowest BCUT2D eigenvalue weighted by atomic mass is 10.2. The van der Waals surface area contributed by atoms with Gasteiger partial charge in [0.25, 0.3) is 11.1 Å². The molecule has 1 fully saturated rings. The van der Waals surface area contributed by atoms with E-state index in [1.165, 1.54) is 13.0 Å². The zero-order valence-electron chi connectivity index (χ0n) is 12.3. The van der Waals surface area contributed by atoms with E-state index in [1.807, 2.05) is 4.98 Å². The Morgan fingerprint density at radius 1 is 1.30 bits per heavy atom. The Hall–Kier alpha value is -2.97. The van der Waals surface area contributed by atoms with Gasteiger partial charge >= 0.3 is 5.69 Å². The molecule has 0 bridgehead atoms. The molecule has 2 aromatic heterocycles. The van der Waals surface area contributed by atoms with Gasteiger partial charge in [0, 0.05) is 18.1 Å². The van der Waals surface area contributed by atoms with Crippen LogP contribution in [-0.2, 0) is 4.79 Å². The highest BCUT2D eigenvalue weighted by molar-refractivity contribution is 5.92. The quantitative estimate of drug-likeness (QED) is 0.712. The minimum absolute atomic E-state index is 0.0398. The Bertz CT molecular complexity index is 893. The Morgan fingerprint density at radius 2 is 2.04 bits per heavy atom. The number of hydrogen-bond donors (Lipinski definition) is 3. The number of aromatic amines is 2. The first kappa shape index (κ1) is 14.9. The number of amides is 1. The van der Waals surface area contributed by atoms with E-state index in [0.717, 1.165) is 29.3 Å². The molecule has 1 aliphatic carbocycles. The third-order valence-electron chi connectivity index (χ3n) is 3.61. The summed E-state index contributed by atoms with van der Waals surface area (Å²) in [6, 6.07) is 3.22. The van der Waals surface area contributed by atoms with Crippen LogP contribution in [0.2, 0.25) is 0 Å². The van der Waals surface area contributed by atoms with Crippen LogP contribution in [0, 0.1) is 0 Å². The van der Waals surface area contributed by atoms with E-state index >= 15 is 0 Å². The molecule has 1 atom stereocenters. The van der Waals surface area contributed by atoms with Crippen molar-refractivity contribution >= 4 is 11.7 Å². The molecule has 1 aliphatic rings. The molecule has 9 nitrogen and oxygen atoms in total. The summed E-state index contributed by atoms with van der Waals surface area (Å²) in [6.07, 6.45) is 2.06. The Labute approximate surface area is 129 Å². The van der Waals surface area contributed by atoms with Crippen molar-refractivity contribution < 1.29 is 4.79 Å². The number of nitrogens with zero attached hydrogens (tertiary/aromatic N) is 2. The first-order chi connectivity index (χ1) is 10.9. The van der Waals surface area contributed by atoms with Crippen molar-refractivity contribution in [3.8, 4) is 0 Å². The van der Waals surface area contributed by atoms with Crippen molar-refractivity contribution in [3.05, 3.63) is 55.1 Å². The summed E-state index contributed by atoms with van der Waals surface area (Å²) < 4.78 is 1.11. The first-order valence-electron chi connectivity index (χ1n) is 7.18. The summed E-state index contributed by atoms with van der Waals surface area (Å²) in [6.45, 7) is 1.52. The molecule has 1 amide bonds. The predicted molar refractivity (Wildman–Crippen MR) is 81.5 cm³/mol. The molecular formula is C14H15N5O4. The van der Waals surface area contributed by atoms with Crippen LogP contribution in [0.25, 0.3) is 0 Å². The molecule has 9 heteroatoms. The Morgan fingerprint density at radius 3 is 2.70 bits per heavy atom. The molecule has 2 heterocycles. The van der Waals surface area contributed by atoms with Gasteiger partial charge in [0.15, 0.2) is 0 Å². The van der Waals surface area contributed by atoms with Crippen molar-refractivity contribution in [3.63, 3.8) is 0 Å². The van der Waals surface area contributed by atoms with E-state index in [4.69, 9.17) is 0 Å². The second kappa shape index (κ2) is 5.67. The van der Waals surface area contributed by atoms with Crippen molar-refractivity contribution in [2.75, 3.05) is 5.32 Å². The van der Waals surface area contributed by atoms with Gasteiger partial charge in [-0.3, -0.25) is 24.4 Å². The number of carbonyl (C=O) groups is 1. The maximum atomic E-state index is 12.2. The zero-order valence-corrected chi connectivity index (χ0v) is 12.3. The number of H-pyrrole nitrogens is 2. The van der Waals surface area contributed by atoms with Crippen molar-refractivity contribution in [1.29, 1.82) is 0 Å². The third kappa shape index (κ3) is 3.28. The number of hydrogen-bond acceptors (Lipinski definition) is 5. The van der Waals surface area contributed by atoms with Gasteiger partial charge in [-0.05, 0) is 25.8 Å². The van der Waals surface area contributed by atoms with Gasteiger partial charge in [-0.25, -0.2) is 9.48 Å². The number of nitrogens with one attached hydrogen (secondary N) is 3. The average Bonchev–Trinajstić information content (AvgIpc) is 3.30. The van der Waals surface area contributed by atoms with Gasteiger partial charge in [-0.2, -0.15) is 5.10 Å². The SMILES string of the molecule is CC(C(=O)Nc1cc(=O)[nH]c(=O)[nH]1)n1nc(C2CC2)ccc1=O. The largest absolute Gasteiger partial charge is 0.327 e. The van der Waals surface area contributed by atoms with E-state index < -0.39 is 28.8 Å². The molecule has 2 aromatic rings. The molecule has 0 radical (unpaired) electrons. The summed E-state index contributed by atoms with van der Waals surface area (Å²) in [7, 11) is 0. The molecule has 0 saturated heterocycles. The summed E-state index contributed by atoms with van der Waals surface area (Å²) in [5.41, 5.74) is -0.973. The van der Waals surface area contributed by atoms with E-state index in [-0.39, 0.29) is 5.82 Å². The van der Waals surface area contributed by atoms with Crippen molar-refractivity contribution in [2.45, 2.75) is 31.7 Å². The van der Waals surface area contributed by atoms with E-state index in [0.29, 0.717) is 5.92 Å². The van der Waals surface area contributed by atoms with Crippen LogP contribution < -0.4 is 22.1 Å². The van der Waals surface area contributed by atoms with Gasteiger partial charge < -0.3 is 5.32 Å². The molecule has 1 unspecified atom stereocenters. The average molecular weight is 317 g/mol. The highest BCUT2D eigenvalue weighted by atomic mass is 16.2. The molecule has 0 aromatic carbocycles. The zero-order chi connectivity index (χ0) is 16.6. The summed E-state index contributed by atoms with van der Waals surface area (Å²) in [5, 5.41) is 6.63. The van der Waals surface area contributed by atoms with E-state index in [2.05, 4.69) is 15.4 Å². The number of carbonyl (C=O) groups excluding carboxylic acids is 1. The maximum Gasteiger partial charge on any atom is 0.327 e. The highest BCUT2D eigenvalue weighted by Gasteiger charge is 2.27. The van der Waals surface area contributed by atoms with Crippen LogP contribution in [0.3, 0.4) is 0 Å². The Balaban J connectivity index is 1.84. The Kier molecular flexibility index (Phi) is 3.68. The van der Waals surface area contributed by atoms with Gasteiger partial charge in [0.05, 0.1) is 5.69 Å². The lowest BCUT2D eigenvalue weighted by molar-refractivity contribution is -0.119. The standard InChI is InChI=1S/C14H15N5O4/c1-7(13(22)15-10-6-11(20)17-14(23)16-10)19-12(21)5-4-9(18-19)8-2-3-8/h4-8H,2-3H2,1H3,(H3,15,16,17,20,22,23). The van der Waals surface area contributed by atoms with Crippen LogP contribution >= 0.6 is 0 Å². The van der Waals surface area contributed by atoms with Crippen LogP contribution in [0.15, 0.2) is 32.6 Å². The van der Waals surface area contributed by atoms with Gasteiger partial charge in [0.2, 0.25) is 5.91 Å². The van der Waals surface area contributed by atoms with E-state index in [9.17, 15) is 19.2 Å². The van der Waals surface area contributed by atoms with Crippen LogP contribution in [0.5, 0.6) is 0 Å². The number of rotatable bonds is 4. The summed E-state index contributed by atoms with van der Waals surface area (Å²) in [4.78, 5) is 50.9. The normalized spacial score (nSPS) is 15.2. The second-order valence-electron chi connectivity index (χ2n) is 5.48.